The maximum Gasteiger partial charge on any atom is 0.573 e. The lowest BCUT2D eigenvalue weighted by molar-refractivity contribution is -0.274. The number of pyridine rings is 2. The van der Waals surface area contributed by atoms with Crippen molar-refractivity contribution in [3.05, 3.63) is 77.0 Å². The third kappa shape index (κ3) is 6.20. The summed E-state index contributed by atoms with van der Waals surface area (Å²) < 4.78 is 93.6. The van der Waals surface area contributed by atoms with Gasteiger partial charge < -0.3 is 14.2 Å². The zero-order chi connectivity index (χ0) is 26.8. The molecule has 0 fully saturated rings. The molecule has 3 aromatic heterocycles. The SMILES string of the molecule is COC[C@H](Cn1nc2ccc(-c3ccc(OC(F)(F)F)cc3)cn2c1=O)Oc1ncccc1C(F)(F)F. The molecule has 0 aliphatic carbocycles. The molecule has 0 saturated carbocycles. The van der Waals surface area contributed by atoms with E-state index in [0.29, 0.717) is 11.1 Å². The van der Waals surface area contributed by atoms with Gasteiger partial charge >= 0.3 is 18.2 Å². The minimum absolute atomic E-state index is 0.161. The number of aromatic nitrogens is 4. The van der Waals surface area contributed by atoms with Crippen LogP contribution >= 0.6 is 0 Å². The lowest BCUT2D eigenvalue weighted by atomic mass is 10.1. The first-order valence-electron chi connectivity index (χ1n) is 10.6. The minimum Gasteiger partial charge on any atom is -0.469 e. The van der Waals surface area contributed by atoms with E-state index in [1.54, 1.807) is 6.07 Å². The summed E-state index contributed by atoms with van der Waals surface area (Å²) in [7, 11) is 1.32. The molecule has 3 heterocycles. The van der Waals surface area contributed by atoms with Crippen molar-refractivity contribution in [3.8, 4) is 22.8 Å². The summed E-state index contributed by atoms with van der Waals surface area (Å²) in [5, 5.41) is 4.18. The van der Waals surface area contributed by atoms with Crippen LogP contribution in [0.25, 0.3) is 16.8 Å². The van der Waals surface area contributed by atoms with E-state index in [1.807, 2.05) is 0 Å². The molecule has 0 N–H and O–H groups in total. The first kappa shape index (κ1) is 26.0. The van der Waals surface area contributed by atoms with Crippen LogP contribution in [0, 0.1) is 0 Å². The van der Waals surface area contributed by atoms with E-state index in [4.69, 9.17) is 9.47 Å². The van der Waals surface area contributed by atoms with Crippen LogP contribution in [-0.2, 0) is 17.5 Å². The van der Waals surface area contributed by atoms with Crippen LogP contribution in [0.15, 0.2) is 65.7 Å². The van der Waals surface area contributed by atoms with Gasteiger partial charge in [-0.15, -0.1) is 18.3 Å². The Kier molecular flexibility index (Phi) is 7.12. The number of methoxy groups -OCH3 is 1. The summed E-state index contributed by atoms with van der Waals surface area (Å²) in [5.41, 5.74) is -0.451. The van der Waals surface area contributed by atoms with E-state index in [0.717, 1.165) is 35.1 Å². The second kappa shape index (κ2) is 10.1. The van der Waals surface area contributed by atoms with Gasteiger partial charge in [-0.3, -0.25) is 0 Å². The zero-order valence-corrected chi connectivity index (χ0v) is 19.0. The highest BCUT2D eigenvalue weighted by Crippen LogP contribution is 2.35. The Morgan fingerprint density at radius 2 is 1.68 bits per heavy atom. The van der Waals surface area contributed by atoms with Crippen LogP contribution in [0.1, 0.15) is 5.56 Å². The second-order valence-corrected chi connectivity index (χ2v) is 7.73. The monoisotopic (exact) mass is 528 g/mol. The number of nitrogens with zero attached hydrogens (tertiary/aromatic N) is 4. The number of rotatable bonds is 8. The molecule has 0 amide bonds. The molecule has 0 aliphatic heterocycles. The predicted octanol–water partition coefficient (Wildman–Crippen LogP) is 4.57. The molecule has 0 aliphatic rings. The van der Waals surface area contributed by atoms with Crippen molar-refractivity contribution < 1.29 is 40.6 Å². The average molecular weight is 528 g/mol. The topological polar surface area (TPSA) is 79.9 Å². The number of alkyl halides is 6. The average Bonchev–Trinajstić information content (AvgIpc) is 3.13. The van der Waals surface area contributed by atoms with E-state index in [2.05, 4.69) is 14.8 Å². The van der Waals surface area contributed by atoms with E-state index in [1.165, 1.54) is 35.9 Å². The van der Waals surface area contributed by atoms with Crippen LogP contribution in [0.2, 0.25) is 0 Å². The summed E-state index contributed by atoms with van der Waals surface area (Å²) >= 11 is 0. The highest BCUT2D eigenvalue weighted by molar-refractivity contribution is 5.65. The number of ether oxygens (including phenoxy) is 3. The fraction of sp³-hybridized carbons (Fsp3) is 0.261. The summed E-state index contributed by atoms with van der Waals surface area (Å²) in [6, 6.07) is 10.1. The minimum atomic E-state index is -4.82. The van der Waals surface area contributed by atoms with Crippen molar-refractivity contribution in [2.24, 2.45) is 0 Å². The fourth-order valence-corrected chi connectivity index (χ4v) is 3.52. The van der Waals surface area contributed by atoms with Gasteiger partial charge in [0.1, 0.15) is 17.4 Å². The molecule has 14 heteroatoms. The third-order valence-corrected chi connectivity index (χ3v) is 5.08. The largest absolute Gasteiger partial charge is 0.573 e. The van der Waals surface area contributed by atoms with Crippen LogP contribution in [0.3, 0.4) is 0 Å². The molecular weight excluding hydrogens is 510 g/mol. The van der Waals surface area contributed by atoms with E-state index in [9.17, 15) is 31.1 Å². The lowest BCUT2D eigenvalue weighted by Crippen LogP contribution is -2.34. The molecule has 0 unspecified atom stereocenters. The molecule has 1 aromatic carbocycles. The van der Waals surface area contributed by atoms with Crippen molar-refractivity contribution in [2.75, 3.05) is 13.7 Å². The standard InChI is InChI=1S/C23H18F6N4O4/c1-35-13-17(36-20-18(22(24,25)26)3-2-10-30-20)12-33-21(34)32-11-15(6-9-19(32)31-33)14-4-7-16(8-5-14)37-23(27,28)29/h2-11,17H,12-13H2,1H3/t17-/m0/s1. The molecule has 0 radical (unpaired) electrons. The van der Waals surface area contributed by atoms with Crippen LogP contribution in [0.4, 0.5) is 26.3 Å². The molecule has 196 valence electrons. The Bertz CT molecular complexity index is 1430. The Labute approximate surface area is 204 Å². The fourth-order valence-electron chi connectivity index (χ4n) is 3.52. The van der Waals surface area contributed by atoms with Crippen molar-refractivity contribution in [1.29, 1.82) is 0 Å². The summed E-state index contributed by atoms with van der Waals surface area (Å²) in [5.74, 6) is -1.05. The number of hydrogen-bond acceptors (Lipinski definition) is 6. The molecule has 0 spiro atoms. The highest BCUT2D eigenvalue weighted by Gasteiger charge is 2.36. The third-order valence-electron chi connectivity index (χ3n) is 5.08. The molecule has 1 atom stereocenters. The van der Waals surface area contributed by atoms with Crippen LogP contribution in [0.5, 0.6) is 11.6 Å². The molecule has 8 nitrogen and oxygen atoms in total. The van der Waals surface area contributed by atoms with Gasteiger partial charge in [-0.1, -0.05) is 12.1 Å². The van der Waals surface area contributed by atoms with E-state index < -0.39 is 41.5 Å². The maximum atomic E-state index is 13.3. The molecule has 0 bridgehead atoms. The quantitative estimate of drug-likeness (QED) is 0.312. The Morgan fingerprint density at radius 1 is 0.973 bits per heavy atom. The summed E-state index contributed by atoms with van der Waals surface area (Å²) in [6.07, 6.45) is -7.97. The highest BCUT2D eigenvalue weighted by atomic mass is 19.4. The maximum absolute atomic E-state index is 13.3. The van der Waals surface area contributed by atoms with Crippen molar-refractivity contribution in [2.45, 2.75) is 25.2 Å². The van der Waals surface area contributed by atoms with E-state index >= 15 is 0 Å². The number of fused-ring (bicyclic) bond motifs is 1. The van der Waals surface area contributed by atoms with Crippen molar-refractivity contribution in [1.82, 2.24) is 19.2 Å². The van der Waals surface area contributed by atoms with Crippen LogP contribution < -0.4 is 15.2 Å². The summed E-state index contributed by atoms with van der Waals surface area (Å²) in [4.78, 5) is 16.6. The summed E-state index contributed by atoms with van der Waals surface area (Å²) in [6.45, 7) is -0.410. The van der Waals surface area contributed by atoms with E-state index in [-0.39, 0.29) is 18.8 Å². The zero-order valence-electron chi connectivity index (χ0n) is 19.0. The van der Waals surface area contributed by atoms with Crippen molar-refractivity contribution in [3.63, 3.8) is 0 Å². The molecule has 37 heavy (non-hydrogen) atoms. The smallest absolute Gasteiger partial charge is 0.469 e. The lowest BCUT2D eigenvalue weighted by Gasteiger charge is -2.19. The number of halogens is 6. The number of benzene rings is 1. The Balaban J connectivity index is 1.59. The van der Waals surface area contributed by atoms with Gasteiger partial charge in [0, 0.05) is 19.5 Å². The van der Waals surface area contributed by atoms with Crippen molar-refractivity contribution >= 4 is 5.65 Å². The van der Waals surface area contributed by atoms with Gasteiger partial charge in [-0.25, -0.2) is 18.9 Å². The molecule has 4 aromatic rings. The van der Waals surface area contributed by atoms with Gasteiger partial charge in [0.25, 0.3) is 0 Å². The molecule has 4 rings (SSSR count). The molecule has 0 saturated heterocycles. The second-order valence-electron chi connectivity index (χ2n) is 7.73. The van der Waals surface area contributed by atoms with Crippen LogP contribution in [-0.4, -0.2) is 45.3 Å². The first-order chi connectivity index (χ1) is 17.4. The van der Waals surface area contributed by atoms with Gasteiger partial charge in [0.2, 0.25) is 5.88 Å². The molecular formula is C23H18F6N4O4. The normalized spacial score (nSPS) is 13.1. The van der Waals surface area contributed by atoms with Gasteiger partial charge in [-0.05, 0) is 47.5 Å². The Morgan fingerprint density at radius 3 is 2.32 bits per heavy atom. The van der Waals surface area contributed by atoms with Gasteiger partial charge in [-0.2, -0.15) is 13.2 Å². The van der Waals surface area contributed by atoms with Gasteiger partial charge in [0.05, 0.1) is 13.2 Å². The number of hydrogen-bond donors (Lipinski definition) is 0. The first-order valence-corrected chi connectivity index (χ1v) is 10.6. The Hall–Kier alpha value is -4.07. The predicted molar refractivity (Wildman–Crippen MR) is 117 cm³/mol. The van der Waals surface area contributed by atoms with Gasteiger partial charge in [0.15, 0.2) is 5.65 Å².